The molecule has 0 aromatic carbocycles. The standard InChI is InChI=1S/C9H6N2/c1-6-8-5-7-3-2-4-10-9(7)11(6)8/h2-5H,1H2. The van der Waals surface area contributed by atoms with Crippen molar-refractivity contribution in [3.63, 3.8) is 0 Å². The fourth-order valence-corrected chi connectivity index (χ4v) is 1.46. The Labute approximate surface area is 63.8 Å². The van der Waals surface area contributed by atoms with Crippen LogP contribution < -0.4 is 0 Å². The molecule has 0 amide bonds. The second-order valence-corrected chi connectivity index (χ2v) is 2.73. The molecule has 52 valence electrons. The average molecular weight is 142 g/mol. The van der Waals surface area contributed by atoms with Gasteiger partial charge in [0.25, 0.3) is 0 Å². The fraction of sp³-hybridized carbons (Fsp3) is 0. The lowest BCUT2D eigenvalue weighted by Crippen LogP contribution is -1.77. The van der Waals surface area contributed by atoms with E-state index in [-0.39, 0.29) is 0 Å². The summed E-state index contributed by atoms with van der Waals surface area (Å²) in [5.74, 6) is 0. The highest BCUT2D eigenvalue weighted by atomic mass is 15.2. The lowest BCUT2D eigenvalue weighted by molar-refractivity contribution is 1.28. The molecule has 0 saturated carbocycles. The number of fused-ring (bicyclic) bond motifs is 3. The average Bonchev–Trinajstić information content (AvgIpc) is 2.55. The highest BCUT2D eigenvalue weighted by Crippen LogP contribution is 2.37. The Morgan fingerprint density at radius 3 is 3.27 bits per heavy atom. The first kappa shape index (κ1) is 5.13. The summed E-state index contributed by atoms with van der Waals surface area (Å²) in [6, 6.07) is 6.13. The van der Waals surface area contributed by atoms with E-state index < -0.39 is 0 Å². The summed E-state index contributed by atoms with van der Waals surface area (Å²) >= 11 is 0. The number of rotatable bonds is 0. The van der Waals surface area contributed by atoms with Crippen LogP contribution in [0.1, 0.15) is 5.69 Å². The van der Waals surface area contributed by atoms with Gasteiger partial charge in [-0.2, -0.15) is 0 Å². The zero-order chi connectivity index (χ0) is 7.42. The van der Waals surface area contributed by atoms with Gasteiger partial charge < -0.3 is 0 Å². The molecule has 0 N–H and O–H groups in total. The summed E-state index contributed by atoms with van der Waals surface area (Å²) < 4.78 is 2.06. The van der Waals surface area contributed by atoms with Crippen LogP contribution in [0.2, 0.25) is 0 Å². The number of pyridine rings is 1. The second kappa shape index (κ2) is 1.37. The summed E-state index contributed by atoms with van der Waals surface area (Å²) in [7, 11) is 0. The molecule has 0 bridgehead atoms. The van der Waals surface area contributed by atoms with Crippen LogP contribution in [-0.2, 0) is 0 Å². The normalized spacial score (nSPS) is 13.6. The summed E-state index contributed by atoms with van der Waals surface area (Å²) in [6.45, 7) is 3.87. The third-order valence-electron chi connectivity index (χ3n) is 2.08. The summed E-state index contributed by atoms with van der Waals surface area (Å²) in [5, 5.41) is 1.20. The molecule has 0 atom stereocenters. The molecule has 2 aromatic heterocycles. The first-order valence-corrected chi connectivity index (χ1v) is 3.54. The molecule has 0 fully saturated rings. The van der Waals surface area contributed by atoms with E-state index in [4.69, 9.17) is 0 Å². The van der Waals surface area contributed by atoms with Gasteiger partial charge >= 0.3 is 0 Å². The maximum absolute atomic E-state index is 4.25. The van der Waals surface area contributed by atoms with Gasteiger partial charge in [0, 0.05) is 11.6 Å². The molecule has 0 saturated heterocycles. The lowest BCUT2D eigenvalue weighted by atomic mass is 10.3. The van der Waals surface area contributed by atoms with Crippen molar-refractivity contribution in [2.45, 2.75) is 0 Å². The monoisotopic (exact) mass is 142 g/mol. The number of aromatic nitrogens is 2. The quantitative estimate of drug-likeness (QED) is 0.468. The molecule has 1 aliphatic heterocycles. The molecule has 0 spiro atoms. The van der Waals surface area contributed by atoms with E-state index in [1.807, 2.05) is 6.07 Å². The van der Waals surface area contributed by atoms with E-state index in [2.05, 4.69) is 28.3 Å². The maximum atomic E-state index is 4.25. The van der Waals surface area contributed by atoms with Gasteiger partial charge in [0.1, 0.15) is 5.65 Å². The van der Waals surface area contributed by atoms with Crippen molar-refractivity contribution in [1.82, 2.24) is 9.55 Å². The molecule has 0 radical (unpaired) electrons. The van der Waals surface area contributed by atoms with Crippen LogP contribution in [0.25, 0.3) is 16.7 Å². The first-order valence-electron chi connectivity index (χ1n) is 3.54. The highest BCUT2D eigenvalue weighted by Gasteiger charge is 2.25. The lowest BCUT2D eigenvalue weighted by Gasteiger charge is -1.88. The summed E-state index contributed by atoms with van der Waals surface area (Å²) in [6.07, 6.45) is 1.81. The minimum absolute atomic E-state index is 1.03. The zero-order valence-electron chi connectivity index (χ0n) is 5.91. The molecule has 0 aliphatic carbocycles. The van der Waals surface area contributed by atoms with Crippen molar-refractivity contribution in [3.8, 4) is 0 Å². The highest BCUT2D eigenvalue weighted by molar-refractivity contribution is 5.95. The molecule has 0 unspecified atom stereocenters. The van der Waals surface area contributed by atoms with E-state index in [9.17, 15) is 0 Å². The Bertz CT molecular complexity index is 465. The molecule has 2 nitrogen and oxygen atoms in total. The third-order valence-corrected chi connectivity index (χ3v) is 2.08. The fourth-order valence-electron chi connectivity index (χ4n) is 1.46. The molecule has 2 heteroatoms. The predicted molar refractivity (Wildman–Crippen MR) is 44.2 cm³/mol. The van der Waals surface area contributed by atoms with Crippen LogP contribution in [0.3, 0.4) is 0 Å². The van der Waals surface area contributed by atoms with Crippen molar-refractivity contribution in [2.24, 2.45) is 0 Å². The van der Waals surface area contributed by atoms with Gasteiger partial charge in [-0.05, 0) is 18.2 Å². The van der Waals surface area contributed by atoms with Crippen molar-refractivity contribution in [1.29, 1.82) is 0 Å². The number of hydrogen-bond donors (Lipinski definition) is 0. The van der Waals surface area contributed by atoms with E-state index in [0.717, 1.165) is 11.3 Å². The third kappa shape index (κ3) is 0.463. The molecule has 11 heavy (non-hydrogen) atoms. The van der Waals surface area contributed by atoms with Crippen LogP contribution >= 0.6 is 0 Å². The van der Waals surface area contributed by atoms with E-state index in [1.54, 1.807) is 6.20 Å². The van der Waals surface area contributed by atoms with Gasteiger partial charge in [-0.1, -0.05) is 6.58 Å². The Balaban J connectivity index is 2.55. The van der Waals surface area contributed by atoms with Crippen LogP contribution in [0.5, 0.6) is 0 Å². The van der Waals surface area contributed by atoms with Crippen molar-refractivity contribution in [2.75, 3.05) is 0 Å². The molecule has 1 aliphatic rings. The Kier molecular flexibility index (Phi) is 0.639. The SMILES string of the molecule is C=C1c2cc3cccnc3n21. The minimum atomic E-state index is 1.03. The molecule has 3 rings (SSSR count). The van der Waals surface area contributed by atoms with Crippen LogP contribution in [0, 0.1) is 0 Å². The van der Waals surface area contributed by atoms with Gasteiger partial charge in [-0.25, -0.2) is 4.98 Å². The van der Waals surface area contributed by atoms with Crippen molar-refractivity contribution < 1.29 is 0 Å². The molecular formula is C9H6N2. The van der Waals surface area contributed by atoms with Gasteiger partial charge in [-0.3, -0.25) is 4.57 Å². The molecular weight excluding hydrogens is 136 g/mol. The van der Waals surface area contributed by atoms with Gasteiger partial charge in [0.05, 0.1) is 11.4 Å². The number of nitrogens with zero attached hydrogens (tertiary/aromatic N) is 2. The van der Waals surface area contributed by atoms with Gasteiger partial charge in [-0.15, -0.1) is 0 Å². The first-order chi connectivity index (χ1) is 5.38. The largest absolute Gasteiger partial charge is 0.291 e. The Hall–Kier alpha value is -1.57. The van der Waals surface area contributed by atoms with Crippen molar-refractivity contribution >= 4 is 16.7 Å². The Morgan fingerprint density at radius 2 is 2.36 bits per heavy atom. The zero-order valence-corrected chi connectivity index (χ0v) is 5.91. The predicted octanol–water partition coefficient (Wildman–Crippen LogP) is 1.87. The summed E-state index contributed by atoms with van der Waals surface area (Å²) in [4.78, 5) is 4.25. The summed E-state index contributed by atoms with van der Waals surface area (Å²) in [5.41, 5.74) is 3.35. The van der Waals surface area contributed by atoms with E-state index in [1.165, 1.54) is 11.1 Å². The van der Waals surface area contributed by atoms with Gasteiger partial charge in [0.2, 0.25) is 0 Å². The molecule has 3 heterocycles. The Morgan fingerprint density at radius 1 is 1.45 bits per heavy atom. The van der Waals surface area contributed by atoms with E-state index >= 15 is 0 Å². The van der Waals surface area contributed by atoms with Gasteiger partial charge in [0.15, 0.2) is 0 Å². The minimum Gasteiger partial charge on any atom is -0.291 e. The van der Waals surface area contributed by atoms with Crippen LogP contribution in [0.4, 0.5) is 0 Å². The van der Waals surface area contributed by atoms with E-state index in [0.29, 0.717) is 0 Å². The second-order valence-electron chi connectivity index (χ2n) is 2.73. The van der Waals surface area contributed by atoms with Crippen molar-refractivity contribution in [3.05, 3.63) is 36.7 Å². The topological polar surface area (TPSA) is 17.8 Å². The molecule has 2 aromatic rings. The number of hydrogen-bond acceptors (Lipinski definition) is 1. The van der Waals surface area contributed by atoms with Crippen LogP contribution in [-0.4, -0.2) is 9.55 Å². The maximum Gasteiger partial charge on any atom is 0.145 e. The van der Waals surface area contributed by atoms with Crippen LogP contribution in [0.15, 0.2) is 31.0 Å². The smallest absolute Gasteiger partial charge is 0.145 e.